The van der Waals surface area contributed by atoms with Crippen LogP contribution in [0.1, 0.15) is 10.4 Å². The Labute approximate surface area is 160 Å². The van der Waals surface area contributed by atoms with Gasteiger partial charge in [0.15, 0.2) is 0 Å². The van der Waals surface area contributed by atoms with E-state index in [4.69, 9.17) is 4.74 Å². The van der Waals surface area contributed by atoms with Gasteiger partial charge in [-0.3, -0.25) is 9.59 Å². The molecular formula is C21H18N4O3. The second-order valence-electron chi connectivity index (χ2n) is 6.30. The standard InChI is InChI=1S/C21H18N4O3/c1-24-10-5-6-15(21(24)27)20(26)23-16-12-14(8-9-18(16)28-2)17-13-25-11-4-3-7-19(25)22-17/h3-13H,1-2H3,(H,23,26). The Morgan fingerprint density at radius 1 is 1.11 bits per heavy atom. The molecule has 140 valence electrons. The molecule has 0 radical (unpaired) electrons. The molecule has 4 rings (SSSR count). The second-order valence-corrected chi connectivity index (χ2v) is 6.30. The molecule has 0 aliphatic heterocycles. The molecule has 3 heterocycles. The van der Waals surface area contributed by atoms with Gasteiger partial charge in [-0.25, -0.2) is 4.98 Å². The van der Waals surface area contributed by atoms with Crippen LogP contribution in [-0.4, -0.2) is 27.0 Å². The molecule has 0 atom stereocenters. The molecule has 3 aromatic heterocycles. The van der Waals surface area contributed by atoms with E-state index in [1.807, 2.05) is 41.1 Å². The van der Waals surface area contributed by atoms with Crippen molar-refractivity contribution >= 4 is 17.2 Å². The number of hydrogen-bond acceptors (Lipinski definition) is 4. The number of anilines is 1. The number of carbonyl (C=O) groups is 1. The Hall–Kier alpha value is -3.87. The lowest BCUT2D eigenvalue weighted by Crippen LogP contribution is -2.27. The number of aromatic nitrogens is 3. The van der Waals surface area contributed by atoms with Crippen molar-refractivity contribution in [3.63, 3.8) is 0 Å². The summed E-state index contributed by atoms with van der Waals surface area (Å²) in [6.45, 7) is 0. The summed E-state index contributed by atoms with van der Waals surface area (Å²) in [6, 6.07) is 14.3. The number of benzene rings is 1. The van der Waals surface area contributed by atoms with Crippen molar-refractivity contribution in [2.45, 2.75) is 0 Å². The van der Waals surface area contributed by atoms with Crippen molar-refractivity contribution in [2.75, 3.05) is 12.4 Å². The quantitative estimate of drug-likeness (QED) is 0.596. The minimum atomic E-state index is -0.494. The third-order valence-electron chi connectivity index (χ3n) is 4.48. The zero-order chi connectivity index (χ0) is 19.7. The number of ether oxygens (including phenoxy) is 1. The maximum atomic E-state index is 12.6. The summed E-state index contributed by atoms with van der Waals surface area (Å²) < 4.78 is 8.64. The van der Waals surface area contributed by atoms with Crippen LogP contribution in [0.4, 0.5) is 5.69 Å². The number of rotatable bonds is 4. The van der Waals surface area contributed by atoms with Gasteiger partial charge in [-0.15, -0.1) is 0 Å². The lowest BCUT2D eigenvalue weighted by Gasteiger charge is -2.11. The average Bonchev–Trinajstić information content (AvgIpc) is 3.14. The minimum Gasteiger partial charge on any atom is -0.495 e. The van der Waals surface area contributed by atoms with Crippen LogP contribution in [0.25, 0.3) is 16.9 Å². The van der Waals surface area contributed by atoms with Crippen molar-refractivity contribution in [3.8, 4) is 17.0 Å². The van der Waals surface area contributed by atoms with Gasteiger partial charge in [0.25, 0.3) is 11.5 Å². The highest BCUT2D eigenvalue weighted by Crippen LogP contribution is 2.30. The minimum absolute atomic E-state index is 0.0604. The highest BCUT2D eigenvalue weighted by atomic mass is 16.5. The topological polar surface area (TPSA) is 77.6 Å². The molecule has 4 aromatic rings. The van der Waals surface area contributed by atoms with Crippen LogP contribution in [0.5, 0.6) is 5.75 Å². The van der Waals surface area contributed by atoms with Gasteiger partial charge in [-0.1, -0.05) is 6.07 Å². The summed E-state index contributed by atoms with van der Waals surface area (Å²) in [5, 5.41) is 2.78. The second kappa shape index (κ2) is 7.03. The first-order valence-electron chi connectivity index (χ1n) is 8.66. The normalized spacial score (nSPS) is 10.8. The third kappa shape index (κ3) is 3.14. The highest BCUT2D eigenvalue weighted by Gasteiger charge is 2.15. The number of nitrogens with zero attached hydrogens (tertiary/aromatic N) is 3. The van der Waals surface area contributed by atoms with Crippen LogP contribution in [-0.2, 0) is 7.05 Å². The lowest BCUT2D eigenvalue weighted by atomic mass is 10.1. The maximum absolute atomic E-state index is 12.6. The highest BCUT2D eigenvalue weighted by molar-refractivity contribution is 6.05. The Balaban J connectivity index is 1.72. The zero-order valence-corrected chi connectivity index (χ0v) is 15.4. The molecule has 0 aliphatic carbocycles. The van der Waals surface area contributed by atoms with Crippen LogP contribution in [0, 0.1) is 0 Å². The molecule has 7 heteroatoms. The predicted molar refractivity (Wildman–Crippen MR) is 107 cm³/mol. The van der Waals surface area contributed by atoms with E-state index in [0.29, 0.717) is 11.4 Å². The molecule has 0 saturated carbocycles. The van der Waals surface area contributed by atoms with Crippen LogP contribution in [0.3, 0.4) is 0 Å². The van der Waals surface area contributed by atoms with E-state index in [-0.39, 0.29) is 11.1 Å². The molecular weight excluding hydrogens is 356 g/mol. The number of methoxy groups -OCH3 is 1. The van der Waals surface area contributed by atoms with Gasteiger partial charge in [0.1, 0.15) is 17.0 Å². The summed E-state index contributed by atoms with van der Waals surface area (Å²) in [4.78, 5) is 29.4. The number of nitrogens with one attached hydrogen (secondary N) is 1. The SMILES string of the molecule is COc1ccc(-c2cn3ccccc3n2)cc1NC(=O)c1cccn(C)c1=O. The molecule has 0 fully saturated rings. The monoisotopic (exact) mass is 374 g/mol. The van der Waals surface area contributed by atoms with Crippen LogP contribution < -0.4 is 15.6 Å². The average molecular weight is 374 g/mol. The van der Waals surface area contributed by atoms with Crippen LogP contribution in [0.2, 0.25) is 0 Å². The smallest absolute Gasteiger partial charge is 0.263 e. The van der Waals surface area contributed by atoms with Gasteiger partial charge in [0, 0.05) is 31.2 Å². The van der Waals surface area contributed by atoms with E-state index in [9.17, 15) is 9.59 Å². The number of pyridine rings is 2. The maximum Gasteiger partial charge on any atom is 0.263 e. The molecule has 0 bridgehead atoms. The summed E-state index contributed by atoms with van der Waals surface area (Å²) >= 11 is 0. The van der Waals surface area contributed by atoms with E-state index in [1.165, 1.54) is 17.7 Å². The summed E-state index contributed by atoms with van der Waals surface area (Å²) in [5.41, 5.74) is 2.57. The van der Waals surface area contributed by atoms with Crippen LogP contribution >= 0.6 is 0 Å². The van der Waals surface area contributed by atoms with E-state index in [1.54, 1.807) is 31.4 Å². The summed E-state index contributed by atoms with van der Waals surface area (Å²) in [6.07, 6.45) is 5.43. The van der Waals surface area contributed by atoms with Gasteiger partial charge in [-0.05, 0) is 42.5 Å². The molecule has 1 aromatic carbocycles. The molecule has 0 spiro atoms. The Kier molecular flexibility index (Phi) is 4.41. The molecule has 7 nitrogen and oxygen atoms in total. The Bertz CT molecular complexity index is 1210. The Morgan fingerprint density at radius 3 is 2.75 bits per heavy atom. The van der Waals surface area contributed by atoms with Crippen molar-refractivity contribution in [1.82, 2.24) is 14.0 Å². The van der Waals surface area contributed by atoms with Crippen molar-refractivity contribution in [2.24, 2.45) is 7.05 Å². The van der Waals surface area contributed by atoms with Gasteiger partial charge >= 0.3 is 0 Å². The van der Waals surface area contributed by atoms with E-state index >= 15 is 0 Å². The first-order valence-corrected chi connectivity index (χ1v) is 8.66. The van der Waals surface area contributed by atoms with Gasteiger partial charge in [-0.2, -0.15) is 0 Å². The first-order chi connectivity index (χ1) is 13.6. The molecule has 0 aliphatic rings. The fraction of sp³-hybridized carbons (Fsp3) is 0.0952. The predicted octanol–water partition coefficient (Wildman–Crippen LogP) is 2.96. The first kappa shape index (κ1) is 17.5. The largest absolute Gasteiger partial charge is 0.495 e. The van der Waals surface area contributed by atoms with Crippen molar-refractivity contribution in [1.29, 1.82) is 0 Å². The Morgan fingerprint density at radius 2 is 1.96 bits per heavy atom. The van der Waals surface area contributed by atoms with Crippen LogP contribution in [0.15, 0.2) is 71.9 Å². The molecule has 1 N–H and O–H groups in total. The van der Waals surface area contributed by atoms with Crippen molar-refractivity contribution in [3.05, 3.63) is 83.0 Å². The molecule has 0 unspecified atom stereocenters. The summed E-state index contributed by atoms with van der Waals surface area (Å²) in [5.74, 6) is 0.000251. The molecule has 0 saturated heterocycles. The number of imidazole rings is 1. The van der Waals surface area contributed by atoms with Crippen molar-refractivity contribution < 1.29 is 9.53 Å². The molecule has 1 amide bonds. The fourth-order valence-corrected chi connectivity index (χ4v) is 3.00. The molecule has 28 heavy (non-hydrogen) atoms. The number of fused-ring (bicyclic) bond motifs is 1. The summed E-state index contributed by atoms with van der Waals surface area (Å²) in [7, 11) is 3.13. The number of hydrogen-bond donors (Lipinski definition) is 1. The lowest BCUT2D eigenvalue weighted by molar-refractivity contribution is 0.102. The van der Waals surface area contributed by atoms with Gasteiger partial charge in [0.05, 0.1) is 18.5 Å². The number of aryl methyl sites for hydroxylation is 1. The van der Waals surface area contributed by atoms with Gasteiger partial charge < -0.3 is 19.0 Å². The zero-order valence-electron chi connectivity index (χ0n) is 15.4. The van der Waals surface area contributed by atoms with E-state index in [2.05, 4.69) is 10.3 Å². The fourth-order valence-electron chi connectivity index (χ4n) is 3.00. The number of carbonyl (C=O) groups excluding carboxylic acids is 1. The van der Waals surface area contributed by atoms with Gasteiger partial charge in [0.2, 0.25) is 0 Å². The third-order valence-corrected chi connectivity index (χ3v) is 4.48. The number of amides is 1. The van der Waals surface area contributed by atoms with E-state index < -0.39 is 5.91 Å². The van der Waals surface area contributed by atoms with E-state index in [0.717, 1.165) is 16.9 Å².